The summed E-state index contributed by atoms with van der Waals surface area (Å²) in [4.78, 5) is 13.2. The van der Waals surface area contributed by atoms with Crippen LogP contribution in [0.2, 0.25) is 0 Å². The van der Waals surface area contributed by atoms with Crippen LogP contribution in [0, 0.1) is 0 Å². The molecular formula is C9H14N2O. The van der Waals surface area contributed by atoms with Crippen LogP contribution < -0.4 is 5.32 Å². The number of rotatable bonds is 3. The highest BCUT2D eigenvalue weighted by Crippen LogP contribution is 2.07. The van der Waals surface area contributed by atoms with Crippen LogP contribution in [0.1, 0.15) is 19.3 Å². The Morgan fingerprint density at radius 2 is 2.50 bits per heavy atom. The molecular weight excluding hydrogens is 152 g/mol. The fraction of sp³-hybridized carbons (Fsp3) is 0.667. The zero-order valence-corrected chi connectivity index (χ0v) is 7.12. The number of carbonyl (C=O) groups excluding carboxylic acids is 1. The van der Waals surface area contributed by atoms with Crippen molar-refractivity contribution in [1.29, 1.82) is 0 Å². The van der Waals surface area contributed by atoms with Gasteiger partial charge in [-0.2, -0.15) is 0 Å². The lowest BCUT2D eigenvalue weighted by atomic mass is 10.0. The molecule has 3 heteroatoms. The van der Waals surface area contributed by atoms with Gasteiger partial charge < -0.3 is 5.32 Å². The minimum atomic E-state index is 0.460. The predicted octanol–water partition coefficient (Wildman–Crippen LogP) is 1.02. The average Bonchev–Trinajstić information content (AvgIpc) is 2.14. The summed E-state index contributed by atoms with van der Waals surface area (Å²) in [6, 6.07) is 0.487. The van der Waals surface area contributed by atoms with Crippen LogP contribution in [-0.2, 0) is 4.79 Å². The minimum Gasteiger partial charge on any atom is -0.311 e. The maximum atomic E-state index is 9.71. The third kappa shape index (κ3) is 3.46. The highest BCUT2D eigenvalue weighted by Gasteiger charge is 2.07. The summed E-state index contributed by atoms with van der Waals surface area (Å²) in [6.45, 7) is 1.56. The van der Waals surface area contributed by atoms with E-state index in [1.54, 1.807) is 0 Å². The third-order valence-corrected chi connectivity index (χ3v) is 1.98. The van der Waals surface area contributed by atoms with Gasteiger partial charge in [-0.25, -0.2) is 9.79 Å². The van der Waals surface area contributed by atoms with E-state index in [4.69, 9.17) is 0 Å². The Hall–Kier alpha value is -0.920. The molecule has 1 aliphatic heterocycles. The second-order valence-electron chi connectivity index (χ2n) is 2.92. The Labute approximate surface area is 72.6 Å². The summed E-state index contributed by atoms with van der Waals surface area (Å²) in [5.74, 6) is 0. The summed E-state index contributed by atoms with van der Waals surface area (Å²) in [5.41, 5.74) is 0. The van der Waals surface area contributed by atoms with Gasteiger partial charge in [-0.15, -0.1) is 0 Å². The van der Waals surface area contributed by atoms with E-state index in [9.17, 15) is 4.79 Å². The highest BCUT2D eigenvalue weighted by molar-refractivity contribution is 5.33. The first kappa shape index (κ1) is 9.17. The zero-order chi connectivity index (χ0) is 8.65. The van der Waals surface area contributed by atoms with Gasteiger partial charge in [0.15, 0.2) is 0 Å². The second kappa shape index (κ2) is 5.70. The van der Waals surface area contributed by atoms with Gasteiger partial charge in [0.2, 0.25) is 6.08 Å². The number of nitrogens with zero attached hydrogens (tertiary/aromatic N) is 1. The lowest BCUT2D eigenvalue weighted by Crippen LogP contribution is -2.32. The van der Waals surface area contributed by atoms with E-state index >= 15 is 0 Å². The summed E-state index contributed by atoms with van der Waals surface area (Å²) in [5, 5.41) is 3.37. The predicted molar refractivity (Wildman–Crippen MR) is 47.8 cm³/mol. The van der Waals surface area contributed by atoms with Gasteiger partial charge in [0.1, 0.15) is 0 Å². The van der Waals surface area contributed by atoms with Gasteiger partial charge in [0.05, 0.1) is 6.54 Å². The quantitative estimate of drug-likeness (QED) is 0.386. The van der Waals surface area contributed by atoms with E-state index in [1.165, 1.54) is 25.3 Å². The Kier molecular flexibility index (Phi) is 4.35. The van der Waals surface area contributed by atoms with Crippen LogP contribution in [0.4, 0.5) is 0 Å². The first-order valence-corrected chi connectivity index (χ1v) is 4.37. The lowest BCUT2D eigenvalue weighted by molar-refractivity contribution is 0.454. The molecule has 0 radical (unpaired) electrons. The molecule has 66 valence electrons. The number of aliphatic imine (C=N–C) groups is 1. The van der Waals surface area contributed by atoms with Gasteiger partial charge in [0, 0.05) is 6.04 Å². The topological polar surface area (TPSA) is 41.5 Å². The van der Waals surface area contributed by atoms with E-state index < -0.39 is 0 Å². The van der Waals surface area contributed by atoms with Gasteiger partial charge in [-0.1, -0.05) is 18.6 Å². The molecule has 0 aromatic rings. The van der Waals surface area contributed by atoms with E-state index in [0.29, 0.717) is 12.6 Å². The molecule has 1 rings (SSSR count). The third-order valence-electron chi connectivity index (χ3n) is 1.98. The van der Waals surface area contributed by atoms with E-state index in [-0.39, 0.29) is 0 Å². The van der Waals surface area contributed by atoms with E-state index in [1.807, 2.05) is 6.08 Å². The fourth-order valence-corrected chi connectivity index (χ4v) is 1.36. The van der Waals surface area contributed by atoms with Crippen molar-refractivity contribution in [1.82, 2.24) is 5.32 Å². The standard InChI is InChI=1S/C9H14N2O/c12-8-10-6-3-5-9-4-1-2-7-11-9/h3,5,9,11H,1-2,4,6-7H2/b5-3-. The normalized spacial score (nSPS) is 23.8. The maximum absolute atomic E-state index is 9.71. The van der Waals surface area contributed by atoms with Crippen LogP contribution >= 0.6 is 0 Å². The number of hydrogen-bond donors (Lipinski definition) is 1. The molecule has 1 aliphatic rings. The molecule has 0 saturated carbocycles. The molecule has 0 bridgehead atoms. The Bertz CT molecular complexity index is 189. The molecule has 1 atom stereocenters. The van der Waals surface area contributed by atoms with E-state index in [0.717, 1.165) is 6.54 Å². The molecule has 0 amide bonds. The van der Waals surface area contributed by atoms with Crippen LogP contribution in [0.3, 0.4) is 0 Å². The van der Waals surface area contributed by atoms with Crippen molar-refractivity contribution in [3.63, 3.8) is 0 Å². The molecule has 3 nitrogen and oxygen atoms in total. The Morgan fingerprint density at radius 1 is 1.58 bits per heavy atom. The molecule has 0 aliphatic carbocycles. The zero-order valence-electron chi connectivity index (χ0n) is 7.12. The van der Waals surface area contributed by atoms with Crippen LogP contribution in [0.15, 0.2) is 17.1 Å². The molecule has 1 unspecified atom stereocenters. The van der Waals surface area contributed by atoms with Gasteiger partial charge in [0.25, 0.3) is 0 Å². The summed E-state index contributed by atoms with van der Waals surface area (Å²) >= 11 is 0. The van der Waals surface area contributed by atoms with Crippen molar-refractivity contribution in [2.75, 3.05) is 13.1 Å². The smallest absolute Gasteiger partial charge is 0.235 e. The van der Waals surface area contributed by atoms with Crippen molar-refractivity contribution >= 4 is 6.08 Å². The molecule has 1 saturated heterocycles. The summed E-state index contributed by atoms with van der Waals surface area (Å²) in [7, 11) is 0. The molecule has 0 aromatic carbocycles. The van der Waals surface area contributed by atoms with Crippen LogP contribution in [0.5, 0.6) is 0 Å². The number of hydrogen-bond acceptors (Lipinski definition) is 3. The van der Waals surface area contributed by atoms with Gasteiger partial charge >= 0.3 is 0 Å². The second-order valence-corrected chi connectivity index (χ2v) is 2.92. The Morgan fingerprint density at radius 3 is 3.17 bits per heavy atom. The van der Waals surface area contributed by atoms with Gasteiger partial charge in [-0.3, -0.25) is 0 Å². The van der Waals surface area contributed by atoms with Crippen molar-refractivity contribution in [3.8, 4) is 0 Å². The molecule has 1 N–H and O–H groups in total. The molecule has 0 spiro atoms. The van der Waals surface area contributed by atoms with Gasteiger partial charge in [-0.05, 0) is 19.4 Å². The van der Waals surface area contributed by atoms with Crippen molar-refractivity contribution < 1.29 is 4.79 Å². The maximum Gasteiger partial charge on any atom is 0.235 e. The number of nitrogens with one attached hydrogen (secondary N) is 1. The highest BCUT2D eigenvalue weighted by atomic mass is 16.1. The average molecular weight is 166 g/mol. The fourth-order valence-electron chi connectivity index (χ4n) is 1.36. The Balaban J connectivity index is 2.19. The van der Waals surface area contributed by atoms with Crippen molar-refractivity contribution in [2.24, 2.45) is 4.99 Å². The lowest BCUT2D eigenvalue weighted by Gasteiger charge is -2.19. The monoisotopic (exact) mass is 166 g/mol. The number of isocyanates is 1. The summed E-state index contributed by atoms with van der Waals surface area (Å²) < 4.78 is 0. The van der Waals surface area contributed by atoms with E-state index in [2.05, 4.69) is 16.4 Å². The first-order chi connectivity index (χ1) is 5.93. The summed E-state index contributed by atoms with van der Waals surface area (Å²) in [6.07, 6.45) is 9.26. The van der Waals surface area contributed by atoms with Crippen molar-refractivity contribution in [2.45, 2.75) is 25.3 Å². The molecule has 0 aromatic heterocycles. The number of piperidine rings is 1. The molecule has 12 heavy (non-hydrogen) atoms. The molecule has 1 fully saturated rings. The first-order valence-electron chi connectivity index (χ1n) is 4.37. The largest absolute Gasteiger partial charge is 0.311 e. The van der Waals surface area contributed by atoms with Crippen LogP contribution in [0.25, 0.3) is 0 Å². The minimum absolute atomic E-state index is 0.460. The SMILES string of the molecule is O=C=NC/C=C\C1CCCCN1. The van der Waals surface area contributed by atoms with Crippen molar-refractivity contribution in [3.05, 3.63) is 12.2 Å². The van der Waals surface area contributed by atoms with Crippen LogP contribution in [-0.4, -0.2) is 25.2 Å². The molecule has 1 heterocycles.